The summed E-state index contributed by atoms with van der Waals surface area (Å²) >= 11 is 1.47. The average Bonchev–Trinajstić information content (AvgIpc) is 2.90. The molecule has 0 saturated carbocycles. The maximum atomic E-state index is 9.96. The number of rotatable bonds is 4. The number of hydrogen-bond acceptors (Lipinski definition) is 5. The number of aliphatic hydroxyl groups is 1. The minimum absolute atomic E-state index is 0.0595. The Balaban J connectivity index is 1.87. The van der Waals surface area contributed by atoms with Crippen LogP contribution in [0.3, 0.4) is 0 Å². The molecular weight excluding hydrogens is 272 g/mol. The number of nitrogens with one attached hydrogen (secondary N) is 1. The maximum absolute atomic E-state index is 9.96. The molecule has 106 valence electrons. The molecule has 2 N–H and O–H groups in total. The van der Waals surface area contributed by atoms with Gasteiger partial charge in [-0.05, 0) is 30.1 Å². The van der Waals surface area contributed by atoms with Gasteiger partial charge in [0.25, 0.3) is 0 Å². The SMILES string of the molecule is Cc1nscc1CNC1(CO)CCOc2ccccc21. The van der Waals surface area contributed by atoms with E-state index < -0.39 is 5.54 Å². The number of nitrogens with zero attached hydrogens (tertiary/aromatic N) is 1. The average molecular weight is 290 g/mol. The van der Waals surface area contributed by atoms with E-state index in [2.05, 4.69) is 15.1 Å². The van der Waals surface area contributed by atoms with E-state index in [9.17, 15) is 5.11 Å². The number of aryl methyl sites for hydroxylation is 1. The predicted octanol–water partition coefficient (Wildman–Crippen LogP) is 2.21. The van der Waals surface area contributed by atoms with E-state index in [-0.39, 0.29) is 6.61 Å². The minimum Gasteiger partial charge on any atom is -0.493 e. The molecule has 1 unspecified atom stereocenters. The van der Waals surface area contributed by atoms with Gasteiger partial charge >= 0.3 is 0 Å². The lowest BCUT2D eigenvalue weighted by atomic mass is 9.85. The zero-order chi connectivity index (χ0) is 14.0. The molecule has 0 amide bonds. The number of fused-ring (bicyclic) bond motifs is 1. The van der Waals surface area contributed by atoms with Gasteiger partial charge in [0.15, 0.2) is 0 Å². The Morgan fingerprint density at radius 2 is 2.30 bits per heavy atom. The first kappa shape index (κ1) is 13.5. The van der Waals surface area contributed by atoms with Gasteiger partial charge in [-0.25, -0.2) is 0 Å². The van der Waals surface area contributed by atoms with Crippen LogP contribution in [0.25, 0.3) is 0 Å². The molecule has 1 aliphatic rings. The van der Waals surface area contributed by atoms with Crippen molar-refractivity contribution in [3.05, 3.63) is 46.5 Å². The van der Waals surface area contributed by atoms with Gasteiger partial charge in [0, 0.05) is 23.9 Å². The monoisotopic (exact) mass is 290 g/mol. The largest absolute Gasteiger partial charge is 0.493 e. The van der Waals surface area contributed by atoms with Gasteiger partial charge in [0.1, 0.15) is 5.75 Å². The molecule has 1 atom stereocenters. The van der Waals surface area contributed by atoms with E-state index in [1.54, 1.807) is 0 Å². The third kappa shape index (κ3) is 2.32. The molecule has 1 aliphatic heterocycles. The quantitative estimate of drug-likeness (QED) is 0.906. The van der Waals surface area contributed by atoms with Crippen LogP contribution in [-0.4, -0.2) is 22.7 Å². The summed E-state index contributed by atoms with van der Waals surface area (Å²) in [4.78, 5) is 0. The Hall–Kier alpha value is -1.43. The molecule has 0 spiro atoms. The molecule has 2 heterocycles. The highest BCUT2D eigenvalue weighted by atomic mass is 32.1. The van der Waals surface area contributed by atoms with E-state index >= 15 is 0 Å². The van der Waals surface area contributed by atoms with Crippen molar-refractivity contribution in [1.29, 1.82) is 0 Å². The van der Waals surface area contributed by atoms with Crippen molar-refractivity contribution in [1.82, 2.24) is 9.69 Å². The normalized spacial score (nSPS) is 21.3. The molecule has 20 heavy (non-hydrogen) atoms. The summed E-state index contributed by atoms with van der Waals surface area (Å²) in [6.07, 6.45) is 0.761. The fourth-order valence-corrected chi connectivity index (χ4v) is 3.32. The van der Waals surface area contributed by atoms with Crippen LogP contribution < -0.4 is 10.1 Å². The van der Waals surface area contributed by atoms with Crippen LogP contribution in [0.1, 0.15) is 23.2 Å². The van der Waals surface area contributed by atoms with Gasteiger partial charge in [-0.15, -0.1) is 0 Å². The van der Waals surface area contributed by atoms with Crippen molar-refractivity contribution in [2.24, 2.45) is 0 Å². The number of benzene rings is 1. The van der Waals surface area contributed by atoms with Crippen LogP contribution in [0.2, 0.25) is 0 Å². The van der Waals surface area contributed by atoms with Gasteiger partial charge in [-0.3, -0.25) is 0 Å². The molecule has 4 nitrogen and oxygen atoms in total. The molecule has 5 heteroatoms. The molecule has 2 aromatic rings. The third-order valence-corrected chi connectivity index (χ3v) is 4.69. The zero-order valence-corrected chi connectivity index (χ0v) is 12.2. The molecule has 0 aliphatic carbocycles. The summed E-state index contributed by atoms with van der Waals surface area (Å²) in [6.45, 7) is 3.39. The second-order valence-corrected chi connectivity index (χ2v) is 5.74. The van der Waals surface area contributed by atoms with E-state index in [0.29, 0.717) is 13.2 Å². The summed E-state index contributed by atoms with van der Waals surface area (Å²) < 4.78 is 9.97. The molecule has 0 fully saturated rings. The minimum atomic E-state index is -0.427. The Kier molecular flexibility index (Phi) is 3.74. The van der Waals surface area contributed by atoms with E-state index in [4.69, 9.17) is 4.74 Å². The second-order valence-electron chi connectivity index (χ2n) is 5.11. The van der Waals surface area contributed by atoms with Crippen molar-refractivity contribution in [3.63, 3.8) is 0 Å². The fraction of sp³-hybridized carbons (Fsp3) is 0.400. The molecule has 0 radical (unpaired) electrons. The van der Waals surface area contributed by atoms with Crippen LogP contribution in [0.15, 0.2) is 29.6 Å². The zero-order valence-electron chi connectivity index (χ0n) is 11.4. The highest BCUT2D eigenvalue weighted by Gasteiger charge is 2.36. The maximum Gasteiger partial charge on any atom is 0.124 e. The summed E-state index contributed by atoms with van der Waals surface area (Å²) in [5.74, 6) is 0.862. The van der Waals surface area contributed by atoms with Gasteiger partial charge in [0.2, 0.25) is 0 Å². The Labute approximate surface area is 122 Å². The fourth-order valence-electron chi connectivity index (χ4n) is 2.61. The van der Waals surface area contributed by atoms with Crippen LogP contribution in [0.4, 0.5) is 0 Å². The van der Waals surface area contributed by atoms with E-state index in [0.717, 1.165) is 23.4 Å². The first-order valence-electron chi connectivity index (χ1n) is 6.73. The first-order chi connectivity index (χ1) is 9.75. The third-order valence-electron chi connectivity index (χ3n) is 3.93. The Morgan fingerprint density at radius 1 is 1.45 bits per heavy atom. The van der Waals surface area contributed by atoms with Gasteiger partial charge < -0.3 is 15.2 Å². The standard InChI is InChI=1S/C15H18N2O2S/c1-11-12(9-20-17-11)8-16-15(10-18)6-7-19-14-5-3-2-4-13(14)15/h2-5,9,16,18H,6-8,10H2,1H3. The second kappa shape index (κ2) is 5.52. The number of para-hydroxylation sites is 1. The lowest BCUT2D eigenvalue weighted by molar-refractivity contribution is 0.106. The molecule has 0 saturated heterocycles. The number of ether oxygens (including phenoxy) is 1. The summed E-state index contributed by atoms with van der Waals surface area (Å²) in [5.41, 5.74) is 2.85. The van der Waals surface area contributed by atoms with Gasteiger partial charge in [-0.1, -0.05) is 18.2 Å². The van der Waals surface area contributed by atoms with Crippen LogP contribution in [0.5, 0.6) is 5.75 Å². The van der Waals surface area contributed by atoms with E-state index in [1.807, 2.05) is 31.2 Å². The summed E-state index contributed by atoms with van der Waals surface area (Å²) in [7, 11) is 0. The molecular formula is C15H18N2O2S. The van der Waals surface area contributed by atoms with Crippen molar-refractivity contribution in [2.45, 2.75) is 25.4 Å². The number of aromatic nitrogens is 1. The topological polar surface area (TPSA) is 54.4 Å². The Morgan fingerprint density at radius 3 is 3.05 bits per heavy atom. The number of hydrogen-bond donors (Lipinski definition) is 2. The van der Waals surface area contributed by atoms with Crippen molar-refractivity contribution in [3.8, 4) is 5.75 Å². The van der Waals surface area contributed by atoms with Gasteiger partial charge in [0.05, 0.1) is 24.4 Å². The summed E-state index contributed by atoms with van der Waals surface area (Å²) in [5, 5.41) is 15.5. The predicted molar refractivity (Wildman–Crippen MR) is 79.0 cm³/mol. The lowest BCUT2D eigenvalue weighted by Gasteiger charge is -2.38. The molecule has 3 rings (SSSR count). The van der Waals surface area contributed by atoms with Crippen LogP contribution >= 0.6 is 11.5 Å². The van der Waals surface area contributed by atoms with Crippen molar-refractivity contribution < 1.29 is 9.84 Å². The van der Waals surface area contributed by atoms with Crippen LogP contribution in [0, 0.1) is 6.92 Å². The first-order valence-corrected chi connectivity index (χ1v) is 7.57. The smallest absolute Gasteiger partial charge is 0.124 e. The van der Waals surface area contributed by atoms with Crippen LogP contribution in [-0.2, 0) is 12.1 Å². The lowest BCUT2D eigenvalue weighted by Crippen LogP contribution is -2.48. The summed E-state index contributed by atoms with van der Waals surface area (Å²) in [6, 6.07) is 7.92. The van der Waals surface area contributed by atoms with E-state index in [1.165, 1.54) is 17.1 Å². The molecule has 1 aromatic carbocycles. The highest BCUT2D eigenvalue weighted by molar-refractivity contribution is 7.03. The van der Waals surface area contributed by atoms with Crippen molar-refractivity contribution >= 4 is 11.5 Å². The Bertz CT molecular complexity index is 599. The molecule has 0 bridgehead atoms. The molecule has 1 aromatic heterocycles. The van der Waals surface area contributed by atoms with Gasteiger partial charge in [-0.2, -0.15) is 4.37 Å². The van der Waals surface area contributed by atoms with Crippen molar-refractivity contribution in [2.75, 3.05) is 13.2 Å². The highest BCUT2D eigenvalue weighted by Crippen LogP contribution is 2.36. The number of aliphatic hydroxyl groups excluding tert-OH is 1.